The van der Waals surface area contributed by atoms with Crippen molar-refractivity contribution in [2.45, 2.75) is 32.6 Å². The number of hydrogen-bond donors (Lipinski definition) is 1. The molecule has 0 atom stereocenters. The molecule has 1 aromatic carbocycles. The zero-order valence-corrected chi connectivity index (χ0v) is 12.6. The maximum Gasteiger partial charge on any atom is 0.142 e. The third-order valence-corrected chi connectivity index (χ3v) is 3.34. The number of ether oxygens (including phenoxy) is 1. The largest absolute Gasteiger partial charge is 0.495 e. The molecule has 0 aromatic heterocycles. The van der Waals surface area contributed by atoms with E-state index in [9.17, 15) is 0 Å². The van der Waals surface area contributed by atoms with Crippen molar-refractivity contribution in [2.75, 3.05) is 38.7 Å². The molecule has 0 bridgehead atoms. The van der Waals surface area contributed by atoms with Crippen LogP contribution >= 0.6 is 0 Å². The molecule has 0 fully saturated rings. The highest BCUT2D eigenvalue weighted by Crippen LogP contribution is 2.26. The Bertz CT molecular complexity index is 341. The van der Waals surface area contributed by atoms with Gasteiger partial charge in [0.05, 0.1) is 12.8 Å². The number of para-hydroxylation sites is 2. The van der Waals surface area contributed by atoms with Gasteiger partial charge in [0.2, 0.25) is 0 Å². The molecule has 0 saturated carbocycles. The summed E-state index contributed by atoms with van der Waals surface area (Å²) < 4.78 is 5.39. The van der Waals surface area contributed by atoms with Crippen molar-refractivity contribution in [3.8, 4) is 5.75 Å². The first-order valence-corrected chi connectivity index (χ1v) is 7.34. The minimum absolute atomic E-state index is 0.956. The minimum atomic E-state index is 0.956. The normalized spacial score (nSPS) is 10.5. The Morgan fingerprint density at radius 1 is 1.11 bits per heavy atom. The second kappa shape index (κ2) is 9.68. The van der Waals surface area contributed by atoms with E-state index < -0.39 is 0 Å². The molecule has 0 radical (unpaired) electrons. The van der Waals surface area contributed by atoms with Gasteiger partial charge in [-0.15, -0.1) is 0 Å². The topological polar surface area (TPSA) is 24.5 Å². The van der Waals surface area contributed by atoms with Gasteiger partial charge in [-0.3, -0.25) is 0 Å². The number of rotatable bonds is 10. The molecular formula is C16H28N2O. The molecule has 0 heterocycles. The molecule has 1 N–H and O–H groups in total. The lowest BCUT2D eigenvalue weighted by atomic mass is 10.2. The number of anilines is 1. The van der Waals surface area contributed by atoms with Crippen LogP contribution in [0.1, 0.15) is 32.6 Å². The van der Waals surface area contributed by atoms with E-state index in [1.54, 1.807) is 7.11 Å². The second-order valence-corrected chi connectivity index (χ2v) is 4.86. The maximum absolute atomic E-state index is 5.39. The van der Waals surface area contributed by atoms with E-state index in [0.29, 0.717) is 0 Å². The van der Waals surface area contributed by atoms with Crippen LogP contribution in [0.3, 0.4) is 0 Å². The molecule has 19 heavy (non-hydrogen) atoms. The summed E-state index contributed by atoms with van der Waals surface area (Å²) in [7, 11) is 3.86. The summed E-state index contributed by atoms with van der Waals surface area (Å²) in [5.41, 5.74) is 1.18. The summed E-state index contributed by atoms with van der Waals surface area (Å²) in [5, 5.41) is 3.36. The van der Waals surface area contributed by atoms with E-state index in [-0.39, 0.29) is 0 Å². The SMILES string of the molecule is CCNCCCCCCN(C)c1ccccc1OC. The molecule has 0 unspecified atom stereocenters. The third-order valence-electron chi connectivity index (χ3n) is 3.34. The lowest BCUT2D eigenvalue weighted by molar-refractivity contribution is 0.414. The number of nitrogens with zero attached hydrogens (tertiary/aromatic N) is 1. The van der Waals surface area contributed by atoms with Crippen molar-refractivity contribution in [3.63, 3.8) is 0 Å². The van der Waals surface area contributed by atoms with Crippen LogP contribution < -0.4 is 15.0 Å². The Morgan fingerprint density at radius 3 is 2.58 bits per heavy atom. The van der Waals surface area contributed by atoms with Gasteiger partial charge in [0.1, 0.15) is 5.75 Å². The molecular weight excluding hydrogens is 236 g/mol. The van der Waals surface area contributed by atoms with Crippen LogP contribution in [0.5, 0.6) is 5.75 Å². The first kappa shape index (κ1) is 15.8. The Balaban J connectivity index is 2.22. The highest BCUT2D eigenvalue weighted by atomic mass is 16.5. The Hall–Kier alpha value is -1.22. The molecule has 1 aromatic rings. The zero-order chi connectivity index (χ0) is 13.9. The van der Waals surface area contributed by atoms with Crippen LogP contribution in [0, 0.1) is 0 Å². The van der Waals surface area contributed by atoms with Crippen molar-refractivity contribution in [3.05, 3.63) is 24.3 Å². The first-order valence-electron chi connectivity index (χ1n) is 7.34. The van der Waals surface area contributed by atoms with Crippen molar-refractivity contribution in [1.82, 2.24) is 5.32 Å². The number of unbranched alkanes of at least 4 members (excludes halogenated alkanes) is 3. The minimum Gasteiger partial charge on any atom is -0.495 e. The summed E-state index contributed by atoms with van der Waals surface area (Å²) in [5.74, 6) is 0.956. The van der Waals surface area contributed by atoms with Crippen molar-refractivity contribution >= 4 is 5.69 Å². The summed E-state index contributed by atoms with van der Waals surface area (Å²) >= 11 is 0. The third kappa shape index (κ3) is 5.97. The second-order valence-electron chi connectivity index (χ2n) is 4.86. The first-order chi connectivity index (χ1) is 9.29. The molecule has 0 amide bonds. The van der Waals surface area contributed by atoms with Crippen molar-refractivity contribution in [1.29, 1.82) is 0 Å². The van der Waals surface area contributed by atoms with Gasteiger partial charge in [0.15, 0.2) is 0 Å². The Labute approximate surface area is 118 Å². The predicted molar refractivity (Wildman–Crippen MR) is 83.3 cm³/mol. The molecule has 0 spiro atoms. The number of hydrogen-bond acceptors (Lipinski definition) is 3. The van der Waals surface area contributed by atoms with Gasteiger partial charge in [-0.2, -0.15) is 0 Å². The van der Waals surface area contributed by atoms with Gasteiger partial charge in [-0.25, -0.2) is 0 Å². The van der Waals surface area contributed by atoms with Crippen LogP contribution in [0.25, 0.3) is 0 Å². The molecule has 0 aliphatic rings. The summed E-state index contributed by atoms with van der Waals surface area (Å²) in [6.45, 7) is 5.47. The smallest absolute Gasteiger partial charge is 0.142 e. The van der Waals surface area contributed by atoms with E-state index in [1.165, 1.54) is 31.4 Å². The fourth-order valence-electron chi connectivity index (χ4n) is 2.19. The van der Waals surface area contributed by atoms with Gasteiger partial charge in [0, 0.05) is 13.6 Å². The molecule has 0 aliphatic carbocycles. The number of methoxy groups -OCH3 is 1. The fourth-order valence-corrected chi connectivity index (χ4v) is 2.19. The molecule has 1 rings (SSSR count). The van der Waals surface area contributed by atoms with Crippen molar-refractivity contribution < 1.29 is 4.74 Å². The van der Waals surface area contributed by atoms with E-state index >= 15 is 0 Å². The monoisotopic (exact) mass is 264 g/mol. The van der Waals surface area contributed by atoms with E-state index in [4.69, 9.17) is 4.74 Å². The van der Waals surface area contributed by atoms with Crippen LogP contribution in [-0.2, 0) is 0 Å². The maximum atomic E-state index is 5.39. The molecule has 3 nitrogen and oxygen atoms in total. The van der Waals surface area contributed by atoms with Gasteiger partial charge in [0.25, 0.3) is 0 Å². The fraction of sp³-hybridized carbons (Fsp3) is 0.625. The molecule has 0 aliphatic heterocycles. The zero-order valence-electron chi connectivity index (χ0n) is 12.6. The average Bonchev–Trinajstić information content (AvgIpc) is 2.46. The summed E-state index contributed by atoms with van der Waals surface area (Å²) in [6, 6.07) is 8.20. The average molecular weight is 264 g/mol. The van der Waals surface area contributed by atoms with E-state index in [1.807, 2.05) is 12.1 Å². The molecule has 108 valence electrons. The summed E-state index contributed by atoms with van der Waals surface area (Å²) in [6.07, 6.45) is 5.13. The lowest BCUT2D eigenvalue weighted by Crippen LogP contribution is -2.19. The number of benzene rings is 1. The Morgan fingerprint density at radius 2 is 1.84 bits per heavy atom. The number of nitrogens with one attached hydrogen (secondary N) is 1. The highest BCUT2D eigenvalue weighted by molar-refractivity contribution is 5.57. The van der Waals surface area contributed by atoms with Gasteiger partial charge in [-0.1, -0.05) is 31.9 Å². The van der Waals surface area contributed by atoms with Crippen LogP contribution in [0.15, 0.2) is 24.3 Å². The standard InChI is InChI=1S/C16H28N2O/c1-4-17-13-9-5-6-10-14-18(2)15-11-7-8-12-16(15)19-3/h7-8,11-12,17H,4-6,9-10,13-14H2,1-3H3. The van der Waals surface area contributed by atoms with Crippen molar-refractivity contribution in [2.24, 2.45) is 0 Å². The van der Waals surface area contributed by atoms with Crippen LogP contribution in [0.4, 0.5) is 5.69 Å². The van der Waals surface area contributed by atoms with Crippen LogP contribution in [0.2, 0.25) is 0 Å². The van der Waals surface area contributed by atoms with Crippen LogP contribution in [-0.4, -0.2) is 33.8 Å². The Kier molecular flexibility index (Phi) is 8.07. The quantitative estimate of drug-likeness (QED) is 0.656. The van der Waals surface area contributed by atoms with Gasteiger partial charge >= 0.3 is 0 Å². The van der Waals surface area contributed by atoms with E-state index in [2.05, 4.69) is 36.3 Å². The highest BCUT2D eigenvalue weighted by Gasteiger charge is 2.06. The molecule has 3 heteroatoms. The predicted octanol–water partition coefficient (Wildman–Crippen LogP) is 3.30. The molecule has 0 saturated heterocycles. The summed E-state index contributed by atoms with van der Waals surface area (Å²) in [4.78, 5) is 2.28. The van der Waals surface area contributed by atoms with Gasteiger partial charge < -0.3 is 15.0 Å². The lowest BCUT2D eigenvalue weighted by Gasteiger charge is -2.21. The van der Waals surface area contributed by atoms with Gasteiger partial charge in [-0.05, 0) is 38.1 Å². The van der Waals surface area contributed by atoms with E-state index in [0.717, 1.165) is 25.4 Å².